The van der Waals surface area contributed by atoms with E-state index in [1.807, 2.05) is 12.1 Å². The van der Waals surface area contributed by atoms with Crippen LogP contribution in [0.3, 0.4) is 0 Å². The number of amides is 1. The van der Waals surface area contributed by atoms with E-state index in [1.54, 1.807) is 36.4 Å². The highest BCUT2D eigenvalue weighted by molar-refractivity contribution is 6.10. The minimum Gasteiger partial charge on any atom is -0.375 e. The summed E-state index contributed by atoms with van der Waals surface area (Å²) >= 11 is 0. The fraction of sp³-hybridized carbons (Fsp3) is 0.348. The van der Waals surface area contributed by atoms with Crippen molar-refractivity contribution in [2.45, 2.75) is 44.6 Å². The highest BCUT2D eigenvalue weighted by Crippen LogP contribution is 2.43. The number of ketones is 1. The Labute approximate surface area is 165 Å². The Kier molecular flexibility index (Phi) is 5.62. The van der Waals surface area contributed by atoms with Crippen LogP contribution in [-0.4, -0.2) is 23.3 Å². The van der Waals surface area contributed by atoms with Gasteiger partial charge >= 0.3 is 0 Å². The summed E-state index contributed by atoms with van der Waals surface area (Å²) in [5.41, 5.74) is 0.782. The van der Waals surface area contributed by atoms with E-state index >= 15 is 0 Å². The van der Waals surface area contributed by atoms with Crippen molar-refractivity contribution in [2.24, 2.45) is 0 Å². The third kappa shape index (κ3) is 3.56. The zero-order chi connectivity index (χ0) is 20.3. The normalized spacial score (nSPS) is 18.2. The van der Waals surface area contributed by atoms with E-state index < -0.39 is 11.5 Å². The Morgan fingerprint density at radius 2 is 1.86 bits per heavy atom. The first kappa shape index (κ1) is 19.8. The summed E-state index contributed by atoms with van der Waals surface area (Å²) in [6.07, 6.45) is 0.529. The summed E-state index contributed by atoms with van der Waals surface area (Å²) in [6, 6.07) is 16.4. The van der Waals surface area contributed by atoms with E-state index in [0.29, 0.717) is 42.1 Å². The fourth-order valence-electron chi connectivity index (χ4n) is 3.60. The molecular weight excluding hydrogens is 352 g/mol. The first-order chi connectivity index (χ1) is 13.4. The molecule has 28 heavy (non-hydrogen) atoms. The second kappa shape index (κ2) is 7.95. The molecule has 0 radical (unpaired) electrons. The van der Waals surface area contributed by atoms with Gasteiger partial charge in [-0.2, -0.15) is 5.26 Å². The number of para-hydroxylation sites is 1. The fourth-order valence-corrected chi connectivity index (χ4v) is 3.60. The van der Waals surface area contributed by atoms with Crippen LogP contribution in [0, 0.1) is 11.3 Å². The lowest BCUT2D eigenvalue weighted by Crippen LogP contribution is -2.42. The lowest BCUT2D eigenvalue weighted by molar-refractivity contribution is -0.135. The Morgan fingerprint density at radius 3 is 2.50 bits per heavy atom. The van der Waals surface area contributed by atoms with E-state index in [1.165, 1.54) is 4.90 Å². The zero-order valence-corrected chi connectivity index (χ0v) is 16.2. The van der Waals surface area contributed by atoms with Crippen molar-refractivity contribution < 1.29 is 14.7 Å². The number of nitrogens with zero attached hydrogens (tertiary/aromatic N) is 2. The summed E-state index contributed by atoms with van der Waals surface area (Å²) in [7, 11) is 0. The van der Waals surface area contributed by atoms with Crippen molar-refractivity contribution in [3.63, 3.8) is 0 Å². The van der Waals surface area contributed by atoms with Crippen LogP contribution in [0.4, 0.5) is 5.69 Å². The topological polar surface area (TPSA) is 81.4 Å². The number of hydrogen-bond acceptors (Lipinski definition) is 4. The lowest BCUT2D eigenvalue weighted by atomic mass is 9.87. The van der Waals surface area contributed by atoms with Crippen molar-refractivity contribution in [1.82, 2.24) is 0 Å². The first-order valence-electron chi connectivity index (χ1n) is 9.52. The maximum atomic E-state index is 13.0. The largest absolute Gasteiger partial charge is 0.375 e. The third-order valence-corrected chi connectivity index (χ3v) is 5.23. The van der Waals surface area contributed by atoms with Gasteiger partial charge in [0.15, 0.2) is 11.4 Å². The molecule has 0 aliphatic carbocycles. The first-order valence-corrected chi connectivity index (χ1v) is 9.52. The van der Waals surface area contributed by atoms with Crippen LogP contribution in [0.2, 0.25) is 0 Å². The van der Waals surface area contributed by atoms with Crippen molar-refractivity contribution in [3.8, 4) is 6.07 Å². The summed E-state index contributed by atoms with van der Waals surface area (Å²) in [5.74, 6) is -0.419. The van der Waals surface area contributed by atoms with E-state index in [-0.39, 0.29) is 12.2 Å². The Bertz CT molecular complexity index is 928. The number of anilines is 1. The minimum absolute atomic E-state index is 0.278. The number of carbonyl (C=O) groups is 2. The molecule has 144 valence electrons. The monoisotopic (exact) mass is 376 g/mol. The summed E-state index contributed by atoms with van der Waals surface area (Å²) in [4.78, 5) is 27.4. The predicted octanol–water partition coefficient (Wildman–Crippen LogP) is 3.92. The van der Waals surface area contributed by atoms with E-state index in [9.17, 15) is 14.7 Å². The van der Waals surface area contributed by atoms with Crippen LogP contribution >= 0.6 is 0 Å². The Morgan fingerprint density at radius 1 is 1.18 bits per heavy atom. The average molecular weight is 376 g/mol. The molecule has 0 saturated heterocycles. The van der Waals surface area contributed by atoms with Crippen molar-refractivity contribution >= 4 is 17.4 Å². The standard InChI is InChI=1S/C23H24N2O3/c1-16(2)17-9-11-18(12-10-17)21(26)15-23(28)19-7-3-4-8-20(19)25(22(23)27)14-6-5-13-24/h3-4,7-12,16,28H,5-6,14-15H2,1-2H3. The Hall–Kier alpha value is -2.97. The smallest absolute Gasteiger partial charge is 0.264 e. The predicted molar refractivity (Wildman–Crippen MR) is 107 cm³/mol. The number of nitriles is 1. The van der Waals surface area contributed by atoms with Crippen LogP contribution in [0.1, 0.15) is 60.5 Å². The van der Waals surface area contributed by atoms with Gasteiger partial charge in [-0.1, -0.05) is 56.3 Å². The highest BCUT2D eigenvalue weighted by atomic mass is 16.3. The van der Waals surface area contributed by atoms with E-state index in [4.69, 9.17) is 5.26 Å². The molecule has 0 spiro atoms. The van der Waals surface area contributed by atoms with Gasteiger partial charge in [0.1, 0.15) is 0 Å². The molecule has 1 atom stereocenters. The van der Waals surface area contributed by atoms with Crippen LogP contribution in [0.25, 0.3) is 0 Å². The molecule has 0 bridgehead atoms. The minimum atomic E-state index is -1.88. The van der Waals surface area contributed by atoms with Gasteiger partial charge in [0, 0.05) is 24.1 Å². The summed E-state index contributed by atoms with van der Waals surface area (Å²) in [6.45, 7) is 4.49. The van der Waals surface area contributed by atoms with Crippen LogP contribution in [-0.2, 0) is 10.4 Å². The van der Waals surface area contributed by atoms with Gasteiger partial charge in [-0.05, 0) is 24.0 Å². The molecule has 0 fully saturated rings. The van der Waals surface area contributed by atoms with Gasteiger partial charge < -0.3 is 10.0 Å². The lowest BCUT2D eigenvalue weighted by Gasteiger charge is -2.22. The number of rotatable bonds is 7. The maximum absolute atomic E-state index is 13.0. The number of hydrogen-bond donors (Lipinski definition) is 1. The van der Waals surface area contributed by atoms with Crippen molar-refractivity contribution in [1.29, 1.82) is 5.26 Å². The summed E-state index contributed by atoms with van der Waals surface area (Å²) < 4.78 is 0. The quantitative estimate of drug-likeness (QED) is 0.586. The SMILES string of the molecule is CC(C)c1ccc(C(=O)CC2(O)C(=O)N(CCCC#N)c3ccccc32)cc1. The number of aliphatic hydroxyl groups is 1. The number of fused-ring (bicyclic) bond motifs is 1. The molecular formula is C23H24N2O3. The van der Waals surface area contributed by atoms with Crippen LogP contribution in [0.5, 0.6) is 0 Å². The average Bonchev–Trinajstić information content (AvgIpc) is 2.90. The zero-order valence-electron chi connectivity index (χ0n) is 16.2. The molecule has 5 nitrogen and oxygen atoms in total. The van der Waals surface area contributed by atoms with Crippen LogP contribution < -0.4 is 4.90 Å². The molecule has 1 aliphatic rings. The van der Waals surface area contributed by atoms with E-state index in [0.717, 1.165) is 5.56 Å². The summed E-state index contributed by atoms with van der Waals surface area (Å²) in [5, 5.41) is 20.0. The molecule has 2 aromatic rings. The molecule has 1 amide bonds. The molecule has 0 aromatic heterocycles. The third-order valence-electron chi connectivity index (χ3n) is 5.23. The van der Waals surface area contributed by atoms with Gasteiger partial charge in [0.25, 0.3) is 5.91 Å². The molecule has 2 aromatic carbocycles. The molecule has 1 N–H and O–H groups in total. The van der Waals surface area contributed by atoms with Crippen molar-refractivity contribution in [3.05, 3.63) is 65.2 Å². The number of benzene rings is 2. The number of Topliss-reactive ketones (excluding diaryl/α,β-unsaturated/α-hetero) is 1. The highest BCUT2D eigenvalue weighted by Gasteiger charge is 2.50. The molecule has 1 heterocycles. The van der Waals surface area contributed by atoms with Crippen LogP contribution in [0.15, 0.2) is 48.5 Å². The van der Waals surface area contributed by atoms with Gasteiger partial charge in [-0.15, -0.1) is 0 Å². The van der Waals surface area contributed by atoms with E-state index in [2.05, 4.69) is 19.9 Å². The van der Waals surface area contributed by atoms with Gasteiger partial charge in [-0.25, -0.2) is 0 Å². The van der Waals surface area contributed by atoms with Gasteiger partial charge in [0.2, 0.25) is 0 Å². The number of unbranched alkanes of at least 4 members (excludes halogenated alkanes) is 1. The van der Waals surface area contributed by atoms with Gasteiger partial charge in [-0.3, -0.25) is 9.59 Å². The van der Waals surface area contributed by atoms with Gasteiger partial charge in [0.05, 0.1) is 18.2 Å². The maximum Gasteiger partial charge on any atom is 0.264 e. The second-order valence-electron chi connectivity index (χ2n) is 7.47. The molecule has 3 rings (SSSR count). The number of carbonyl (C=O) groups excluding carboxylic acids is 2. The molecule has 1 unspecified atom stereocenters. The molecule has 5 heteroatoms. The molecule has 1 aliphatic heterocycles. The van der Waals surface area contributed by atoms with Crippen molar-refractivity contribution in [2.75, 3.05) is 11.4 Å². The Balaban J connectivity index is 1.86. The second-order valence-corrected chi connectivity index (χ2v) is 7.47. The molecule has 0 saturated carbocycles.